The largest absolute Gasteiger partial charge is 0.497 e. The van der Waals surface area contributed by atoms with Gasteiger partial charge in [0.15, 0.2) is 11.6 Å². The van der Waals surface area contributed by atoms with E-state index in [2.05, 4.69) is 0 Å². The van der Waals surface area contributed by atoms with Crippen molar-refractivity contribution < 1.29 is 28.7 Å². The molecule has 0 aliphatic carbocycles. The third-order valence-electron chi connectivity index (χ3n) is 7.33. The molecular weight excluding hydrogens is 504 g/mol. The second kappa shape index (κ2) is 12.5. The molecule has 6 nitrogen and oxygen atoms in total. The molecule has 6 heteroatoms. The predicted molar refractivity (Wildman–Crippen MR) is 155 cm³/mol. The summed E-state index contributed by atoms with van der Waals surface area (Å²) in [6, 6.07) is 22.8. The summed E-state index contributed by atoms with van der Waals surface area (Å²) in [6.45, 7) is 7.00. The van der Waals surface area contributed by atoms with E-state index in [1.165, 1.54) is 14.2 Å². The molecule has 0 aliphatic rings. The lowest BCUT2D eigenvalue weighted by Crippen LogP contribution is -2.69. The van der Waals surface area contributed by atoms with Gasteiger partial charge in [0.1, 0.15) is 11.2 Å². The smallest absolute Gasteiger partial charge is 0.213 e. The summed E-state index contributed by atoms with van der Waals surface area (Å²) in [5, 5.41) is 0. The Balaban J connectivity index is 2.52. The monoisotopic (exact) mass is 542 g/mol. The first-order chi connectivity index (χ1) is 19.0. The number of unbranched alkanes of at least 4 members (excludes halogenated alkanes) is 1. The molecule has 3 rings (SSSR count). The zero-order valence-electron chi connectivity index (χ0n) is 24.2. The van der Waals surface area contributed by atoms with Gasteiger partial charge in [-0.15, -0.1) is 0 Å². The van der Waals surface area contributed by atoms with Crippen LogP contribution in [-0.2, 0) is 9.53 Å². The fourth-order valence-electron chi connectivity index (χ4n) is 5.33. The number of carbonyl (C=O) groups is 4. The Hall–Kier alpha value is -3.90. The van der Waals surface area contributed by atoms with Crippen LogP contribution in [0, 0.1) is 10.8 Å². The number of Topliss-reactive ketones (excluding diaryl/α,β-unsaturated/α-hetero) is 4. The van der Waals surface area contributed by atoms with Gasteiger partial charge in [-0.2, -0.15) is 0 Å². The number of hydrogen-bond acceptors (Lipinski definition) is 6. The maximum atomic E-state index is 14.9. The zero-order chi connectivity index (χ0) is 29.6. The summed E-state index contributed by atoms with van der Waals surface area (Å²) in [6.07, 6.45) is 0.961. The fraction of sp³-hybridized carbons (Fsp3) is 0.353. The van der Waals surface area contributed by atoms with E-state index in [0.29, 0.717) is 18.6 Å². The van der Waals surface area contributed by atoms with Crippen LogP contribution in [0.5, 0.6) is 5.75 Å². The zero-order valence-corrected chi connectivity index (χ0v) is 24.2. The topological polar surface area (TPSA) is 86.7 Å². The molecule has 0 aromatic heterocycles. The van der Waals surface area contributed by atoms with Gasteiger partial charge < -0.3 is 9.47 Å². The van der Waals surface area contributed by atoms with Crippen LogP contribution in [0.25, 0.3) is 0 Å². The summed E-state index contributed by atoms with van der Waals surface area (Å²) in [5.41, 5.74) is -5.25. The lowest BCUT2D eigenvalue weighted by molar-refractivity contribution is -0.145. The van der Waals surface area contributed by atoms with E-state index in [1.807, 2.05) is 6.92 Å². The molecule has 0 radical (unpaired) electrons. The average molecular weight is 543 g/mol. The van der Waals surface area contributed by atoms with E-state index in [4.69, 9.17) is 9.47 Å². The quantitative estimate of drug-likeness (QED) is 0.174. The van der Waals surface area contributed by atoms with E-state index < -0.39 is 39.6 Å². The normalized spacial score (nSPS) is 13.2. The first kappa shape index (κ1) is 30.6. The van der Waals surface area contributed by atoms with Gasteiger partial charge >= 0.3 is 0 Å². The van der Waals surface area contributed by atoms with Crippen molar-refractivity contribution >= 4 is 23.1 Å². The van der Waals surface area contributed by atoms with Crippen LogP contribution in [0.1, 0.15) is 78.0 Å². The molecule has 0 saturated carbocycles. The Labute approximate surface area is 236 Å². The molecule has 3 aromatic carbocycles. The van der Waals surface area contributed by atoms with E-state index >= 15 is 0 Å². The highest BCUT2D eigenvalue weighted by Crippen LogP contribution is 2.50. The van der Waals surface area contributed by atoms with Gasteiger partial charge in [-0.3, -0.25) is 19.2 Å². The second-order valence-electron chi connectivity index (χ2n) is 10.9. The lowest BCUT2D eigenvalue weighted by Gasteiger charge is -2.47. The molecule has 0 spiro atoms. The average Bonchev–Trinajstić information content (AvgIpc) is 2.98. The van der Waals surface area contributed by atoms with Crippen molar-refractivity contribution in [2.45, 2.75) is 52.6 Å². The van der Waals surface area contributed by atoms with Crippen LogP contribution in [-0.4, -0.2) is 43.0 Å². The number of hydrogen-bond donors (Lipinski definition) is 0. The van der Waals surface area contributed by atoms with Gasteiger partial charge in [-0.1, -0.05) is 101 Å². The van der Waals surface area contributed by atoms with Crippen molar-refractivity contribution in [3.05, 3.63) is 102 Å². The van der Waals surface area contributed by atoms with Crippen LogP contribution in [0.2, 0.25) is 0 Å². The highest BCUT2D eigenvalue weighted by atomic mass is 16.5. The lowest BCUT2D eigenvalue weighted by atomic mass is 9.54. The molecule has 3 aromatic rings. The molecular formula is C34H38O6. The van der Waals surface area contributed by atoms with Gasteiger partial charge in [0.25, 0.3) is 0 Å². The molecule has 0 bridgehead atoms. The molecule has 0 heterocycles. The van der Waals surface area contributed by atoms with Gasteiger partial charge in [0.05, 0.1) is 7.11 Å². The first-order valence-electron chi connectivity index (χ1n) is 13.5. The Morgan fingerprint density at radius 3 is 1.48 bits per heavy atom. The van der Waals surface area contributed by atoms with E-state index in [1.54, 1.807) is 106 Å². The minimum absolute atomic E-state index is 0.0601. The highest BCUT2D eigenvalue weighted by Gasteiger charge is 2.70. The van der Waals surface area contributed by atoms with E-state index in [0.717, 1.165) is 0 Å². The van der Waals surface area contributed by atoms with Gasteiger partial charge in [-0.25, -0.2) is 0 Å². The van der Waals surface area contributed by atoms with Crippen LogP contribution in [0.4, 0.5) is 0 Å². The van der Waals surface area contributed by atoms with Crippen LogP contribution in [0.15, 0.2) is 84.9 Å². The molecule has 1 atom stereocenters. The number of ketones is 4. The number of carbonyl (C=O) groups excluding carboxylic acids is 4. The van der Waals surface area contributed by atoms with Crippen molar-refractivity contribution in [3.63, 3.8) is 0 Å². The van der Waals surface area contributed by atoms with E-state index in [9.17, 15) is 19.2 Å². The standard InChI is InChI=1S/C34H38O6/c1-7-8-23-33(31(38)32(2,3)4,28(35)26-19-21-27(39-5)22-20-26)34(40-6,29(36)24-15-11-9-12-16-24)30(37)25-17-13-10-14-18-25/h9-22H,7-8,23H2,1-6H3. The van der Waals surface area contributed by atoms with Crippen molar-refractivity contribution in [3.8, 4) is 5.75 Å². The third kappa shape index (κ3) is 5.41. The van der Waals surface area contributed by atoms with Gasteiger partial charge in [-0.05, 0) is 30.7 Å². The Morgan fingerprint density at radius 1 is 0.650 bits per heavy atom. The summed E-state index contributed by atoms with van der Waals surface area (Å²) in [5.74, 6) is -2.12. The number of rotatable bonds is 13. The summed E-state index contributed by atoms with van der Waals surface area (Å²) >= 11 is 0. The molecule has 0 aliphatic heterocycles. The second-order valence-corrected chi connectivity index (χ2v) is 10.9. The SMILES string of the molecule is CCCCC(C(=O)c1ccc(OC)cc1)(C(=O)C(C)(C)C)C(OC)(C(=O)c1ccccc1)C(=O)c1ccccc1. The van der Waals surface area contributed by atoms with Crippen molar-refractivity contribution in [1.82, 2.24) is 0 Å². The molecule has 40 heavy (non-hydrogen) atoms. The van der Waals surface area contributed by atoms with Crippen LogP contribution in [0.3, 0.4) is 0 Å². The van der Waals surface area contributed by atoms with Crippen LogP contribution < -0.4 is 4.74 Å². The summed E-state index contributed by atoms with van der Waals surface area (Å²) in [7, 11) is 2.75. The van der Waals surface area contributed by atoms with Gasteiger partial charge in [0, 0.05) is 29.2 Å². The summed E-state index contributed by atoms with van der Waals surface area (Å²) < 4.78 is 11.3. The Morgan fingerprint density at radius 2 is 1.10 bits per heavy atom. The minimum Gasteiger partial charge on any atom is -0.497 e. The predicted octanol–water partition coefficient (Wildman–Crippen LogP) is 6.82. The highest BCUT2D eigenvalue weighted by molar-refractivity contribution is 6.32. The van der Waals surface area contributed by atoms with Crippen LogP contribution >= 0.6 is 0 Å². The van der Waals surface area contributed by atoms with Gasteiger partial charge in [0.2, 0.25) is 17.2 Å². The van der Waals surface area contributed by atoms with E-state index in [-0.39, 0.29) is 23.1 Å². The number of benzene rings is 3. The number of methoxy groups -OCH3 is 2. The molecule has 210 valence electrons. The molecule has 0 N–H and O–H groups in total. The maximum absolute atomic E-state index is 14.9. The molecule has 0 amide bonds. The van der Waals surface area contributed by atoms with Crippen molar-refractivity contribution in [1.29, 1.82) is 0 Å². The minimum atomic E-state index is -2.48. The Kier molecular flexibility index (Phi) is 9.59. The fourth-order valence-corrected chi connectivity index (χ4v) is 5.33. The summed E-state index contributed by atoms with van der Waals surface area (Å²) in [4.78, 5) is 59.1. The Bertz CT molecular complexity index is 1290. The number of ether oxygens (including phenoxy) is 2. The van der Waals surface area contributed by atoms with Crippen molar-refractivity contribution in [2.24, 2.45) is 10.8 Å². The molecule has 0 saturated heterocycles. The molecule has 0 fully saturated rings. The maximum Gasteiger partial charge on any atom is 0.213 e. The van der Waals surface area contributed by atoms with Crippen molar-refractivity contribution in [2.75, 3.05) is 14.2 Å². The molecule has 1 unspecified atom stereocenters. The first-order valence-corrected chi connectivity index (χ1v) is 13.5. The third-order valence-corrected chi connectivity index (χ3v) is 7.33.